The van der Waals surface area contributed by atoms with Crippen LogP contribution in [-0.2, 0) is 0 Å². The molecule has 0 amide bonds. The van der Waals surface area contributed by atoms with Crippen molar-refractivity contribution in [1.29, 1.82) is 0 Å². The maximum Gasteiger partial charge on any atom is 0.259 e. The van der Waals surface area contributed by atoms with Gasteiger partial charge in [0.25, 0.3) is 5.56 Å². The highest BCUT2D eigenvalue weighted by molar-refractivity contribution is 5.85. The summed E-state index contributed by atoms with van der Waals surface area (Å²) in [6.07, 6.45) is 9.09. The van der Waals surface area contributed by atoms with Crippen LogP contribution in [0.15, 0.2) is 41.6 Å². The van der Waals surface area contributed by atoms with Crippen molar-refractivity contribution in [3.63, 3.8) is 0 Å². The molecule has 4 rings (SSSR count). The van der Waals surface area contributed by atoms with Gasteiger partial charge in [-0.2, -0.15) is 0 Å². The van der Waals surface area contributed by atoms with E-state index < -0.39 is 0 Å². The van der Waals surface area contributed by atoms with Crippen molar-refractivity contribution in [2.24, 2.45) is 5.73 Å². The Labute approximate surface area is 175 Å². The molecule has 3 N–H and O–H groups in total. The summed E-state index contributed by atoms with van der Waals surface area (Å²) >= 11 is 0. The van der Waals surface area contributed by atoms with Gasteiger partial charge >= 0.3 is 0 Å². The lowest BCUT2D eigenvalue weighted by atomic mass is 9.86. The van der Waals surface area contributed by atoms with E-state index in [2.05, 4.69) is 9.97 Å². The second kappa shape index (κ2) is 9.32. The van der Waals surface area contributed by atoms with Crippen LogP contribution in [0.4, 0.5) is 0 Å². The zero-order chi connectivity index (χ0) is 18.1. The topological polar surface area (TPSA) is 102 Å². The Bertz CT molecular complexity index is 978. The fourth-order valence-corrected chi connectivity index (χ4v) is 3.56. The van der Waals surface area contributed by atoms with Crippen molar-refractivity contribution >= 4 is 24.8 Å². The molecule has 0 spiro atoms. The number of rotatable bonds is 3. The minimum absolute atomic E-state index is 0. The van der Waals surface area contributed by atoms with Crippen molar-refractivity contribution in [1.82, 2.24) is 24.7 Å². The Morgan fingerprint density at radius 1 is 1.18 bits per heavy atom. The number of aryl methyl sites for hydroxylation is 1. The zero-order valence-corrected chi connectivity index (χ0v) is 17.2. The molecule has 9 heteroatoms. The second-order valence-electron chi connectivity index (χ2n) is 6.89. The van der Waals surface area contributed by atoms with Gasteiger partial charge in [0.2, 0.25) is 0 Å². The van der Waals surface area contributed by atoms with Gasteiger partial charge in [0.05, 0.1) is 11.3 Å². The first-order valence-electron chi connectivity index (χ1n) is 8.95. The number of pyridine rings is 2. The van der Waals surface area contributed by atoms with Crippen LogP contribution >= 0.6 is 24.8 Å². The summed E-state index contributed by atoms with van der Waals surface area (Å²) < 4.78 is 1.88. The van der Waals surface area contributed by atoms with Gasteiger partial charge in [-0.1, -0.05) is 0 Å². The predicted molar refractivity (Wildman–Crippen MR) is 114 cm³/mol. The average molecular weight is 423 g/mol. The van der Waals surface area contributed by atoms with Gasteiger partial charge in [0.15, 0.2) is 5.82 Å². The first-order valence-corrected chi connectivity index (χ1v) is 8.95. The largest absolute Gasteiger partial charge is 0.328 e. The van der Waals surface area contributed by atoms with Gasteiger partial charge in [0.1, 0.15) is 5.82 Å². The zero-order valence-electron chi connectivity index (χ0n) is 15.5. The molecule has 1 aliphatic rings. The van der Waals surface area contributed by atoms with Crippen LogP contribution < -0.4 is 11.3 Å². The van der Waals surface area contributed by atoms with E-state index in [1.54, 1.807) is 24.5 Å². The number of aromatic nitrogens is 5. The van der Waals surface area contributed by atoms with Gasteiger partial charge in [-0.05, 0) is 56.4 Å². The highest BCUT2D eigenvalue weighted by atomic mass is 35.5. The van der Waals surface area contributed by atoms with E-state index in [0.717, 1.165) is 42.8 Å². The van der Waals surface area contributed by atoms with E-state index in [1.807, 2.05) is 23.9 Å². The van der Waals surface area contributed by atoms with Crippen molar-refractivity contribution in [3.05, 3.63) is 58.5 Å². The summed E-state index contributed by atoms with van der Waals surface area (Å²) in [5, 5.41) is 4.69. The van der Waals surface area contributed by atoms with Gasteiger partial charge in [-0.3, -0.25) is 9.78 Å². The molecule has 0 bridgehead atoms. The first kappa shape index (κ1) is 22.1. The van der Waals surface area contributed by atoms with Gasteiger partial charge in [-0.15, -0.1) is 29.9 Å². The molecule has 1 fully saturated rings. The third kappa shape index (κ3) is 4.27. The molecule has 28 heavy (non-hydrogen) atoms. The minimum Gasteiger partial charge on any atom is -0.328 e. The quantitative estimate of drug-likeness (QED) is 0.674. The standard InChI is InChI=1S/C19H22N6O.2ClH/c1-12-11-21-10-8-16(12)25-18(13-4-6-14(20)7-5-13)23-17(24-25)15-3-2-9-22-19(15)26;;/h2-3,8-11,13-14H,4-7,20H2,1H3,(H,22,26);2*1H. The summed E-state index contributed by atoms with van der Waals surface area (Å²) in [5.41, 5.74) is 8.31. The second-order valence-corrected chi connectivity index (χ2v) is 6.89. The van der Waals surface area contributed by atoms with Crippen LogP contribution in [0.1, 0.15) is 43.0 Å². The molecule has 0 aromatic carbocycles. The summed E-state index contributed by atoms with van der Waals surface area (Å²) in [4.78, 5) is 23.8. The van der Waals surface area contributed by atoms with Crippen LogP contribution in [0, 0.1) is 6.92 Å². The molecular weight excluding hydrogens is 399 g/mol. The van der Waals surface area contributed by atoms with E-state index in [0.29, 0.717) is 11.4 Å². The number of nitrogens with zero attached hydrogens (tertiary/aromatic N) is 4. The fourth-order valence-electron chi connectivity index (χ4n) is 3.56. The maximum absolute atomic E-state index is 12.2. The Morgan fingerprint density at radius 3 is 2.61 bits per heavy atom. The highest BCUT2D eigenvalue weighted by Gasteiger charge is 2.27. The van der Waals surface area contributed by atoms with Crippen LogP contribution in [0.3, 0.4) is 0 Å². The Morgan fingerprint density at radius 2 is 1.93 bits per heavy atom. The van der Waals surface area contributed by atoms with E-state index in [9.17, 15) is 4.79 Å². The summed E-state index contributed by atoms with van der Waals surface area (Å²) in [5.74, 6) is 1.63. The monoisotopic (exact) mass is 422 g/mol. The summed E-state index contributed by atoms with van der Waals surface area (Å²) in [6, 6.07) is 5.73. The number of halogens is 2. The Hall–Kier alpha value is -2.22. The lowest BCUT2D eigenvalue weighted by Crippen LogP contribution is -2.26. The Balaban J connectivity index is 0.00000140. The summed E-state index contributed by atoms with van der Waals surface area (Å²) in [7, 11) is 0. The average Bonchev–Trinajstić information content (AvgIpc) is 3.08. The molecule has 7 nitrogen and oxygen atoms in total. The molecular formula is C19H24Cl2N6O. The Kier molecular flexibility index (Phi) is 7.35. The lowest BCUT2D eigenvalue weighted by molar-refractivity contribution is 0.380. The van der Waals surface area contributed by atoms with Crippen LogP contribution in [0.5, 0.6) is 0 Å². The van der Waals surface area contributed by atoms with E-state index in [4.69, 9.17) is 15.8 Å². The van der Waals surface area contributed by atoms with Crippen LogP contribution in [0.2, 0.25) is 0 Å². The molecule has 0 radical (unpaired) electrons. The fraction of sp³-hybridized carbons (Fsp3) is 0.368. The minimum atomic E-state index is -0.187. The van der Waals surface area contributed by atoms with Crippen LogP contribution in [0.25, 0.3) is 17.1 Å². The molecule has 150 valence electrons. The molecule has 1 aliphatic carbocycles. The highest BCUT2D eigenvalue weighted by Crippen LogP contribution is 2.33. The molecule has 3 aromatic rings. The number of H-pyrrole nitrogens is 1. The van der Waals surface area contributed by atoms with E-state index >= 15 is 0 Å². The number of aromatic amines is 1. The smallest absolute Gasteiger partial charge is 0.259 e. The maximum atomic E-state index is 12.2. The number of nitrogens with one attached hydrogen (secondary N) is 1. The summed E-state index contributed by atoms with van der Waals surface area (Å²) in [6.45, 7) is 2.00. The van der Waals surface area contributed by atoms with Crippen LogP contribution in [-0.4, -0.2) is 30.8 Å². The molecule has 0 unspecified atom stereocenters. The number of hydrogen-bond donors (Lipinski definition) is 2. The van der Waals surface area contributed by atoms with Crippen molar-refractivity contribution in [3.8, 4) is 17.1 Å². The first-order chi connectivity index (χ1) is 12.6. The molecule has 0 aliphatic heterocycles. The lowest BCUT2D eigenvalue weighted by Gasteiger charge is -2.25. The third-order valence-electron chi connectivity index (χ3n) is 5.05. The molecule has 3 aromatic heterocycles. The van der Waals surface area contributed by atoms with Crippen molar-refractivity contribution < 1.29 is 0 Å². The molecule has 0 saturated heterocycles. The molecule has 0 atom stereocenters. The van der Waals surface area contributed by atoms with Crippen molar-refractivity contribution in [2.75, 3.05) is 0 Å². The van der Waals surface area contributed by atoms with Gasteiger partial charge in [-0.25, -0.2) is 9.67 Å². The van der Waals surface area contributed by atoms with Gasteiger partial charge in [0, 0.05) is 30.6 Å². The molecule has 3 heterocycles. The molecule has 1 saturated carbocycles. The predicted octanol–water partition coefficient (Wildman–Crippen LogP) is 3.15. The van der Waals surface area contributed by atoms with Crippen molar-refractivity contribution in [2.45, 2.75) is 44.6 Å². The normalized spacial score (nSPS) is 18.8. The number of hydrogen-bond acceptors (Lipinski definition) is 5. The SMILES string of the molecule is Cc1cnccc1-n1nc(-c2ccc[nH]c2=O)nc1C1CCC(N)CC1.Cl.Cl. The third-order valence-corrected chi connectivity index (χ3v) is 5.05. The van der Waals surface area contributed by atoms with E-state index in [1.165, 1.54) is 0 Å². The number of nitrogens with two attached hydrogens (primary N) is 1. The van der Waals surface area contributed by atoms with E-state index in [-0.39, 0.29) is 42.3 Å². The van der Waals surface area contributed by atoms with Gasteiger partial charge < -0.3 is 10.7 Å².